The molecular formula is C26H26N4O4S. The molecule has 0 aliphatic carbocycles. The molecule has 3 aromatic rings. The molecule has 0 spiro atoms. The number of amides is 4. The van der Waals surface area contributed by atoms with Crippen molar-refractivity contribution in [2.45, 2.75) is 24.9 Å². The first-order valence-electron chi connectivity index (χ1n) is 11.5. The number of likely N-dealkylation sites (tertiary alicyclic amines) is 1. The lowest BCUT2D eigenvalue weighted by Gasteiger charge is -2.41. The maximum absolute atomic E-state index is 13.9. The number of benzene rings is 1. The highest BCUT2D eigenvalue weighted by atomic mass is 32.1. The Morgan fingerprint density at radius 3 is 2.71 bits per heavy atom. The Balaban J connectivity index is 1.39. The number of rotatable bonds is 6. The largest absolute Gasteiger partial charge is 0.497 e. The van der Waals surface area contributed by atoms with E-state index >= 15 is 0 Å². The summed E-state index contributed by atoms with van der Waals surface area (Å²) in [6, 6.07) is 12.2. The molecule has 2 aliphatic rings. The molecule has 0 saturated carbocycles. The van der Waals surface area contributed by atoms with Crippen molar-refractivity contribution in [3.8, 4) is 5.75 Å². The fourth-order valence-electron chi connectivity index (χ4n) is 5.06. The quantitative estimate of drug-likeness (QED) is 0.533. The molecule has 2 aromatic heterocycles. The van der Waals surface area contributed by atoms with E-state index < -0.39 is 11.6 Å². The van der Waals surface area contributed by atoms with Crippen LogP contribution in [0.2, 0.25) is 0 Å². The molecule has 2 saturated heterocycles. The highest BCUT2D eigenvalue weighted by Crippen LogP contribution is 2.42. The van der Waals surface area contributed by atoms with Crippen LogP contribution in [0, 0.1) is 5.92 Å². The average molecular weight is 491 g/mol. The Hall–Kier alpha value is -3.72. The van der Waals surface area contributed by atoms with Crippen LogP contribution in [0.1, 0.15) is 34.3 Å². The third-order valence-electron chi connectivity index (χ3n) is 6.88. The Labute approximate surface area is 207 Å². The molecule has 180 valence electrons. The third-order valence-corrected chi connectivity index (χ3v) is 7.61. The third kappa shape index (κ3) is 4.16. The number of hydrogen-bond acceptors (Lipinski definition) is 6. The molecule has 4 heterocycles. The standard InChI is InChI=1S/C26H26N4O4S/c1-34-22-6-2-4-19(14-22)23(31)29-11-7-20(8-12-29)26(21-5-3-10-27-15-21)24(32)30(25(33)28-26)16-18-9-13-35-17-18/h2-6,9-10,13-15,17,20H,7-8,11-12,16H2,1H3,(H,28,33)/t26-/m1/s1. The van der Waals surface area contributed by atoms with Crippen molar-refractivity contribution in [2.75, 3.05) is 20.2 Å². The lowest BCUT2D eigenvalue weighted by Crippen LogP contribution is -2.54. The van der Waals surface area contributed by atoms with Crippen LogP contribution in [0.15, 0.2) is 65.6 Å². The highest BCUT2D eigenvalue weighted by molar-refractivity contribution is 7.07. The van der Waals surface area contributed by atoms with Gasteiger partial charge in [-0.3, -0.25) is 19.5 Å². The molecule has 2 aliphatic heterocycles. The van der Waals surface area contributed by atoms with E-state index in [1.165, 1.54) is 16.2 Å². The molecular weight excluding hydrogens is 464 g/mol. The SMILES string of the molecule is COc1cccc(C(=O)N2CCC([C@]3(c4cccnc4)NC(=O)N(Cc4ccsc4)C3=O)CC2)c1. The molecule has 0 unspecified atom stereocenters. The number of thiophene rings is 1. The molecule has 1 aromatic carbocycles. The summed E-state index contributed by atoms with van der Waals surface area (Å²) in [6.45, 7) is 1.19. The number of ether oxygens (including phenoxy) is 1. The van der Waals surface area contributed by atoms with Gasteiger partial charge in [0.15, 0.2) is 5.54 Å². The number of pyridine rings is 1. The molecule has 0 radical (unpaired) electrons. The summed E-state index contributed by atoms with van der Waals surface area (Å²) < 4.78 is 5.25. The van der Waals surface area contributed by atoms with E-state index in [0.29, 0.717) is 42.8 Å². The molecule has 8 nitrogen and oxygen atoms in total. The first-order chi connectivity index (χ1) is 17.0. The predicted octanol–water partition coefficient (Wildman–Crippen LogP) is 3.65. The summed E-state index contributed by atoms with van der Waals surface area (Å²) in [5, 5.41) is 6.90. The summed E-state index contributed by atoms with van der Waals surface area (Å²) >= 11 is 1.53. The molecule has 9 heteroatoms. The van der Waals surface area contributed by atoms with Crippen LogP contribution in [0.4, 0.5) is 4.79 Å². The summed E-state index contributed by atoms with van der Waals surface area (Å²) in [4.78, 5) is 47.4. The number of carbonyl (C=O) groups is 3. The van der Waals surface area contributed by atoms with Crippen LogP contribution >= 0.6 is 11.3 Å². The van der Waals surface area contributed by atoms with Gasteiger partial charge in [-0.1, -0.05) is 12.1 Å². The average Bonchev–Trinajstić information content (AvgIpc) is 3.51. The lowest BCUT2D eigenvalue weighted by atomic mass is 9.73. The van der Waals surface area contributed by atoms with Gasteiger partial charge in [-0.15, -0.1) is 0 Å². The number of hydrogen-bond donors (Lipinski definition) is 1. The van der Waals surface area contributed by atoms with Gasteiger partial charge >= 0.3 is 6.03 Å². The Kier molecular flexibility index (Phi) is 6.25. The van der Waals surface area contributed by atoms with E-state index in [1.54, 1.807) is 54.7 Å². The fraction of sp³-hybridized carbons (Fsp3) is 0.308. The second-order valence-electron chi connectivity index (χ2n) is 8.80. The maximum Gasteiger partial charge on any atom is 0.325 e. The van der Waals surface area contributed by atoms with E-state index in [4.69, 9.17) is 4.74 Å². The van der Waals surface area contributed by atoms with E-state index in [9.17, 15) is 14.4 Å². The number of nitrogens with zero attached hydrogens (tertiary/aromatic N) is 3. The van der Waals surface area contributed by atoms with Crippen LogP contribution in [0.3, 0.4) is 0 Å². The topological polar surface area (TPSA) is 91.8 Å². The van der Waals surface area contributed by atoms with Gasteiger partial charge in [-0.2, -0.15) is 11.3 Å². The van der Waals surface area contributed by atoms with Crippen molar-refractivity contribution < 1.29 is 19.1 Å². The summed E-state index contributed by atoms with van der Waals surface area (Å²) in [5.74, 6) is 0.120. The van der Waals surface area contributed by atoms with Crippen molar-refractivity contribution in [3.05, 3.63) is 82.3 Å². The smallest absolute Gasteiger partial charge is 0.325 e. The minimum absolute atomic E-state index is 0.0707. The number of urea groups is 1. The number of aromatic nitrogens is 1. The Bertz CT molecular complexity index is 1230. The number of methoxy groups -OCH3 is 1. The zero-order valence-corrected chi connectivity index (χ0v) is 20.2. The highest BCUT2D eigenvalue weighted by Gasteiger charge is 2.57. The van der Waals surface area contributed by atoms with Crippen molar-refractivity contribution in [3.63, 3.8) is 0 Å². The molecule has 1 N–H and O–H groups in total. The molecule has 1 atom stereocenters. The minimum Gasteiger partial charge on any atom is -0.497 e. The van der Waals surface area contributed by atoms with Crippen LogP contribution in [-0.4, -0.2) is 52.8 Å². The Morgan fingerprint density at radius 2 is 2.03 bits per heavy atom. The van der Waals surface area contributed by atoms with E-state index in [2.05, 4.69) is 10.3 Å². The molecule has 35 heavy (non-hydrogen) atoms. The number of piperidine rings is 1. The second kappa shape index (κ2) is 9.50. The molecule has 4 amide bonds. The van der Waals surface area contributed by atoms with Crippen molar-refractivity contribution in [1.82, 2.24) is 20.1 Å². The van der Waals surface area contributed by atoms with Gasteiger partial charge in [0.2, 0.25) is 0 Å². The normalized spacial score (nSPS) is 20.7. The van der Waals surface area contributed by atoms with Crippen molar-refractivity contribution >= 4 is 29.2 Å². The second-order valence-corrected chi connectivity index (χ2v) is 9.58. The maximum atomic E-state index is 13.9. The number of nitrogens with one attached hydrogen (secondary N) is 1. The van der Waals surface area contributed by atoms with E-state index in [-0.39, 0.29) is 24.3 Å². The first-order valence-corrected chi connectivity index (χ1v) is 12.5. The predicted molar refractivity (Wildman–Crippen MR) is 131 cm³/mol. The van der Waals surface area contributed by atoms with E-state index in [1.807, 2.05) is 22.9 Å². The summed E-state index contributed by atoms with van der Waals surface area (Å²) in [6.07, 6.45) is 4.45. The van der Waals surface area contributed by atoms with Crippen LogP contribution < -0.4 is 10.1 Å². The fourth-order valence-corrected chi connectivity index (χ4v) is 5.72. The van der Waals surface area contributed by atoms with Crippen molar-refractivity contribution in [2.24, 2.45) is 5.92 Å². The van der Waals surface area contributed by atoms with Gasteiger partial charge in [0.05, 0.1) is 13.7 Å². The summed E-state index contributed by atoms with van der Waals surface area (Å²) in [7, 11) is 1.57. The summed E-state index contributed by atoms with van der Waals surface area (Å²) in [5.41, 5.74) is 0.951. The first kappa shape index (κ1) is 23.0. The zero-order valence-electron chi connectivity index (χ0n) is 19.3. The van der Waals surface area contributed by atoms with Gasteiger partial charge in [0, 0.05) is 36.6 Å². The number of imide groups is 1. The number of carbonyl (C=O) groups excluding carboxylic acids is 3. The van der Waals surface area contributed by atoms with Crippen LogP contribution in [0.25, 0.3) is 0 Å². The zero-order chi connectivity index (χ0) is 24.4. The van der Waals surface area contributed by atoms with Gasteiger partial charge in [0.1, 0.15) is 5.75 Å². The molecule has 0 bridgehead atoms. The van der Waals surface area contributed by atoms with Crippen LogP contribution in [-0.2, 0) is 16.9 Å². The minimum atomic E-state index is -1.20. The lowest BCUT2D eigenvalue weighted by molar-refractivity contribution is -0.134. The van der Waals surface area contributed by atoms with Gasteiger partial charge in [-0.25, -0.2) is 4.79 Å². The molecule has 2 fully saturated rings. The van der Waals surface area contributed by atoms with Gasteiger partial charge < -0.3 is 15.0 Å². The van der Waals surface area contributed by atoms with E-state index in [0.717, 1.165) is 5.56 Å². The van der Waals surface area contributed by atoms with Crippen molar-refractivity contribution in [1.29, 1.82) is 0 Å². The molecule has 5 rings (SSSR count). The van der Waals surface area contributed by atoms with Gasteiger partial charge in [-0.05, 0) is 65.4 Å². The monoisotopic (exact) mass is 490 g/mol. The van der Waals surface area contributed by atoms with Gasteiger partial charge in [0.25, 0.3) is 11.8 Å². The Morgan fingerprint density at radius 1 is 1.20 bits per heavy atom. The van der Waals surface area contributed by atoms with Crippen LogP contribution in [0.5, 0.6) is 5.75 Å².